The molecular formula is C10H14O2. The second-order valence-corrected chi connectivity index (χ2v) is 2.61. The van der Waals surface area contributed by atoms with Crippen LogP contribution in [-0.2, 0) is 13.0 Å². The summed E-state index contributed by atoms with van der Waals surface area (Å²) in [6, 6.07) is 5.82. The van der Waals surface area contributed by atoms with Crippen molar-refractivity contribution in [3.05, 3.63) is 29.3 Å². The van der Waals surface area contributed by atoms with Gasteiger partial charge in [0, 0.05) is 5.56 Å². The molecule has 0 atom stereocenters. The number of methoxy groups -OCH3 is 1. The van der Waals surface area contributed by atoms with Gasteiger partial charge < -0.3 is 9.84 Å². The first-order valence-electron chi connectivity index (χ1n) is 4.09. The fourth-order valence-electron chi connectivity index (χ4n) is 1.31. The minimum Gasteiger partial charge on any atom is -0.496 e. The molecule has 1 rings (SSSR count). The Morgan fingerprint density at radius 1 is 1.42 bits per heavy atom. The standard InChI is InChI=1S/C10H14O2/c1-3-8-5-4-6-10(12-2)9(8)7-11/h4-6,11H,3,7H2,1-2H3. The Morgan fingerprint density at radius 2 is 2.17 bits per heavy atom. The molecule has 0 unspecified atom stereocenters. The van der Waals surface area contributed by atoms with E-state index in [4.69, 9.17) is 9.84 Å². The Labute approximate surface area is 72.8 Å². The van der Waals surface area contributed by atoms with Gasteiger partial charge in [0.25, 0.3) is 0 Å². The predicted octanol–water partition coefficient (Wildman–Crippen LogP) is 1.75. The summed E-state index contributed by atoms with van der Waals surface area (Å²) < 4.78 is 5.12. The molecule has 0 bridgehead atoms. The van der Waals surface area contributed by atoms with Gasteiger partial charge in [0.15, 0.2) is 0 Å². The van der Waals surface area contributed by atoms with Gasteiger partial charge in [-0.2, -0.15) is 0 Å². The first-order chi connectivity index (χ1) is 5.83. The van der Waals surface area contributed by atoms with E-state index in [0.717, 1.165) is 23.3 Å². The minimum atomic E-state index is 0.0488. The molecule has 0 amide bonds. The molecule has 66 valence electrons. The molecule has 0 radical (unpaired) electrons. The van der Waals surface area contributed by atoms with E-state index in [0.29, 0.717) is 0 Å². The second kappa shape index (κ2) is 4.12. The van der Waals surface area contributed by atoms with Gasteiger partial charge in [0.2, 0.25) is 0 Å². The molecule has 0 saturated heterocycles. The molecule has 0 fully saturated rings. The van der Waals surface area contributed by atoms with E-state index in [1.807, 2.05) is 18.2 Å². The number of ether oxygens (including phenoxy) is 1. The van der Waals surface area contributed by atoms with E-state index < -0.39 is 0 Å². The van der Waals surface area contributed by atoms with E-state index >= 15 is 0 Å². The summed E-state index contributed by atoms with van der Waals surface area (Å²) >= 11 is 0. The van der Waals surface area contributed by atoms with E-state index in [2.05, 4.69) is 6.92 Å². The number of aliphatic hydroxyl groups excluding tert-OH is 1. The molecule has 0 aliphatic carbocycles. The zero-order valence-corrected chi connectivity index (χ0v) is 7.50. The third-order valence-electron chi connectivity index (χ3n) is 1.99. The third-order valence-corrected chi connectivity index (χ3v) is 1.99. The molecule has 1 aromatic rings. The maximum atomic E-state index is 9.08. The fourth-order valence-corrected chi connectivity index (χ4v) is 1.31. The first kappa shape index (κ1) is 9.07. The van der Waals surface area contributed by atoms with Crippen LogP contribution < -0.4 is 4.74 Å². The smallest absolute Gasteiger partial charge is 0.124 e. The van der Waals surface area contributed by atoms with E-state index in [-0.39, 0.29) is 6.61 Å². The van der Waals surface area contributed by atoms with E-state index in [1.54, 1.807) is 7.11 Å². The number of benzene rings is 1. The van der Waals surface area contributed by atoms with Crippen molar-refractivity contribution >= 4 is 0 Å². The van der Waals surface area contributed by atoms with Gasteiger partial charge in [-0.05, 0) is 18.1 Å². The maximum Gasteiger partial charge on any atom is 0.124 e. The van der Waals surface area contributed by atoms with Crippen LogP contribution in [0.2, 0.25) is 0 Å². The van der Waals surface area contributed by atoms with Crippen molar-refractivity contribution in [2.45, 2.75) is 20.0 Å². The zero-order valence-electron chi connectivity index (χ0n) is 7.50. The molecule has 2 nitrogen and oxygen atoms in total. The Kier molecular flexibility index (Phi) is 3.11. The number of aliphatic hydroxyl groups is 1. The highest BCUT2D eigenvalue weighted by Crippen LogP contribution is 2.22. The number of hydrogen-bond acceptors (Lipinski definition) is 2. The molecule has 2 heteroatoms. The Morgan fingerprint density at radius 3 is 2.67 bits per heavy atom. The van der Waals surface area contributed by atoms with Crippen LogP contribution in [0.3, 0.4) is 0 Å². The summed E-state index contributed by atoms with van der Waals surface area (Å²) in [6.45, 7) is 2.11. The highest BCUT2D eigenvalue weighted by Gasteiger charge is 2.04. The number of aryl methyl sites for hydroxylation is 1. The molecule has 0 aliphatic heterocycles. The van der Waals surface area contributed by atoms with E-state index in [9.17, 15) is 0 Å². The average molecular weight is 166 g/mol. The van der Waals surface area contributed by atoms with Crippen LogP contribution in [0.15, 0.2) is 18.2 Å². The molecule has 12 heavy (non-hydrogen) atoms. The quantitative estimate of drug-likeness (QED) is 0.741. The SMILES string of the molecule is CCc1cccc(OC)c1CO. The van der Waals surface area contributed by atoms with Gasteiger partial charge in [-0.3, -0.25) is 0 Å². The number of hydrogen-bond donors (Lipinski definition) is 1. The average Bonchev–Trinajstić information content (AvgIpc) is 2.16. The molecule has 0 saturated carbocycles. The fraction of sp³-hybridized carbons (Fsp3) is 0.400. The Bertz CT molecular complexity index is 234. The van der Waals surface area contributed by atoms with Crippen LogP contribution in [0.1, 0.15) is 18.1 Å². The van der Waals surface area contributed by atoms with Crippen LogP contribution in [0.25, 0.3) is 0 Å². The normalized spacial score (nSPS) is 9.92. The molecule has 0 heterocycles. The lowest BCUT2D eigenvalue weighted by atomic mass is 10.1. The summed E-state index contributed by atoms with van der Waals surface area (Å²) in [5, 5.41) is 9.08. The summed E-state index contributed by atoms with van der Waals surface area (Å²) in [5.74, 6) is 0.775. The van der Waals surface area contributed by atoms with Crippen molar-refractivity contribution < 1.29 is 9.84 Å². The monoisotopic (exact) mass is 166 g/mol. The van der Waals surface area contributed by atoms with Crippen LogP contribution in [0.5, 0.6) is 5.75 Å². The largest absolute Gasteiger partial charge is 0.496 e. The molecule has 0 aliphatic rings. The van der Waals surface area contributed by atoms with Gasteiger partial charge in [-0.25, -0.2) is 0 Å². The van der Waals surface area contributed by atoms with Crippen molar-refractivity contribution in [2.75, 3.05) is 7.11 Å². The predicted molar refractivity (Wildman–Crippen MR) is 48.3 cm³/mol. The van der Waals surface area contributed by atoms with Gasteiger partial charge >= 0.3 is 0 Å². The molecule has 1 aromatic carbocycles. The van der Waals surface area contributed by atoms with Crippen LogP contribution in [0.4, 0.5) is 0 Å². The molecule has 0 aromatic heterocycles. The minimum absolute atomic E-state index is 0.0488. The highest BCUT2D eigenvalue weighted by atomic mass is 16.5. The molecule has 0 spiro atoms. The number of rotatable bonds is 3. The summed E-state index contributed by atoms with van der Waals surface area (Å²) in [5.41, 5.74) is 2.05. The second-order valence-electron chi connectivity index (χ2n) is 2.61. The highest BCUT2D eigenvalue weighted by molar-refractivity contribution is 5.39. The van der Waals surface area contributed by atoms with Crippen molar-refractivity contribution in [2.24, 2.45) is 0 Å². The Hall–Kier alpha value is -1.02. The van der Waals surface area contributed by atoms with Gasteiger partial charge in [-0.1, -0.05) is 19.1 Å². The lowest BCUT2D eigenvalue weighted by Crippen LogP contribution is -1.96. The van der Waals surface area contributed by atoms with Crippen LogP contribution in [-0.4, -0.2) is 12.2 Å². The van der Waals surface area contributed by atoms with Crippen molar-refractivity contribution in [3.8, 4) is 5.75 Å². The van der Waals surface area contributed by atoms with Crippen LogP contribution in [0, 0.1) is 0 Å². The maximum absolute atomic E-state index is 9.08. The molecular weight excluding hydrogens is 152 g/mol. The molecule has 1 N–H and O–H groups in total. The third kappa shape index (κ3) is 1.59. The van der Waals surface area contributed by atoms with Gasteiger partial charge in [0.1, 0.15) is 5.75 Å². The van der Waals surface area contributed by atoms with Gasteiger partial charge in [0.05, 0.1) is 13.7 Å². The van der Waals surface area contributed by atoms with E-state index in [1.165, 1.54) is 0 Å². The van der Waals surface area contributed by atoms with Crippen molar-refractivity contribution in [1.29, 1.82) is 0 Å². The first-order valence-corrected chi connectivity index (χ1v) is 4.09. The topological polar surface area (TPSA) is 29.5 Å². The lowest BCUT2D eigenvalue weighted by Gasteiger charge is -2.09. The van der Waals surface area contributed by atoms with Crippen LogP contribution >= 0.6 is 0 Å². The summed E-state index contributed by atoms with van der Waals surface area (Å²) in [6.07, 6.45) is 0.924. The zero-order chi connectivity index (χ0) is 8.97. The Balaban J connectivity index is 3.13. The lowest BCUT2D eigenvalue weighted by molar-refractivity contribution is 0.272. The van der Waals surface area contributed by atoms with Crippen molar-refractivity contribution in [1.82, 2.24) is 0 Å². The van der Waals surface area contributed by atoms with Gasteiger partial charge in [-0.15, -0.1) is 0 Å². The summed E-state index contributed by atoms with van der Waals surface area (Å²) in [4.78, 5) is 0. The summed E-state index contributed by atoms with van der Waals surface area (Å²) in [7, 11) is 1.62. The van der Waals surface area contributed by atoms with Crippen molar-refractivity contribution in [3.63, 3.8) is 0 Å².